The number of benzene rings is 1. The van der Waals surface area contributed by atoms with E-state index < -0.39 is 0 Å². The number of hydrogen-bond donors (Lipinski definition) is 1. The highest BCUT2D eigenvalue weighted by atomic mass is 127. The number of halogens is 1. The summed E-state index contributed by atoms with van der Waals surface area (Å²) in [7, 11) is 1.61. The molecule has 116 valence electrons. The van der Waals surface area contributed by atoms with Crippen molar-refractivity contribution in [2.75, 3.05) is 13.7 Å². The van der Waals surface area contributed by atoms with E-state index in [0.717, 1.165) is 9.13 Å². The number of hydrogen-bond acceptors (Lipinski definition) is 5. The van der Waals surface area contributed by atoms with Gasteiger partial charge >= 0.3 is 0 Å². The average Bonchev–Trinajstić information content (AvgIpc) is 3.01. The molecule has 2 aromatic rings. The lowest BCUT2D eigenvalue weighted by Gasteiger charge is -2.11. The Labute approximate surface area is 146 Å². The fourth-order valence-corrected chi connectivity index (χ4v) is 3.21. The lowest BCUT2D eigenvalue weighted by atomic mass is 10.2. The molecule has 1 aromatic carbocycles. The number of nitrogens with zero attached hydrogens (tertiary/aromatic N) is 1. The highest BCUT2D eigenvalue weighted by molar-refractivity contribution is 14.1. The number of carbonyl (C=O) groups excluding carboxylic acids is 1. The number of rotatable bonds is 6. The Balaban J connectivity index is 2.12. The third kappa shape index (κ3) is 4.20. The first-order valence-corrected chi connectivity index (χ1v) is 8.48. The smallest absolute Gasteiger partial charge is 0.281 e. The first-order chi connectivity index (χ1) is 10.7. The fraction of sp³-hybridized carbons (Fsp3) is 0.200. The van der Waals surface area contributed by atoms with Crippen LogP contribution >= 0.6 is 33.9 Å². The number of methoxy groups -OCH3 is 1. The van der Waals surface area contributed by atoms with Crippen molar-refractivity contribution in [3.63, 3.8) is 0 Å². The largest absolute Gasteiger partial charge is 0.492 e. The van der Waals surface area contributed by atoms with Gasteiger partial charge in [0.1, 0.15) is 0 Å². The molecule has 1 aromatic heterocycles. The highest BCUT2D eigenvalue weighted by Gasteiger charge is 2.10. The van der Waals surface area contributed by atoms with Gasteiger partial charge in [-0.3, -0.25) is 4.79 Å². The van der Waals surface area contributed by atoms with E-state index in [0.29, 0.717) is 23.0 Å². The fourth-order valence-electron chi connectivity index (χ4n) is 1.75. The Morgan fingerprint density at radius 3 is 2.95 bits per heavy atom. The third-order valence-electron chi connectivity index (χ3n) is 2.66. The van der Waals surface area contributed by atoms with Gasteiger partial charge in [0.2, 0.25) is 0 Å². The summed E-state index contributed by atoms with van der Waals surface area (Å²) in [6.45, 7) is 2.45. The topological polar surface area (TPSA) is 59.9 Å². The van der Waals surface area contributed by atoms with Gasteiger partial charge in [0.05, 0.1) is 28.4 Å². The number of thiophene rings is 1. The molecule has 1 amide bonds. The van der Waals surface area contributed by atoms with E-state index in [2.05, 4.69) is 33.1 Å². The van der Waals surface area contributed by atoms with Crippen LogP contribution in [0.15, 0.2) is 34.7 Å². The van der Waals surface area contributed by atoms with Gasteiger partial charge in [0.15, 0.2) is 11.5 Å². The Bertz CT molecular complexity index is 672. The number of carbonyl (C=O) groups is 1. The van der Waals surface area contributed by atoms with Crippen LogP contribution in [0, 0.1) is 3.57 Å². The summed E-state index contributed by atoms with van der Waals surface area (Å²) in [5.74, 6) is 1.13. The minimum Gasteiger partial charge on any atom is -0.492 e. The van der Waals surface area contributed by atoms with Crippen molar-refractivity contribution in [1.29, 1.82) is 0 Å². The Morgan fingerprint density at radius 1 is 1.50 bits per heavy atom. The number of ether oxygens (including phenoxy) is 2. The summed E-state index contributed by atoms with van der Waals surface area (Å²) in [6.07, 6.45) is 1.58. The second-order valence-electron chi connectivity index (χ2n) is 4.14. The van der Waals surface area contributed by atoms with Crippen molar-refractivity contribution in [3.8, 4) is 11.5 Å². The van der Waals surface area contributed by atoms with Crippen molar-refractivity contribution >= 4 is 46.0 Å². The van der Waals surface area contributed by atoms with E-state index in [1.54, 1.807) is 19.4 Å². The molecule has 0 saturated carbocycles. The van der Waals surface area contributed by atoms with Gasteiger partial charge in [0, 0.05) is 0 Å². The molecule has 1 N–H and O–H groups in total. The minimum absolute atomic E-state index is 0.223. The summed E-state index contributed by atoms with van der Waals surface area (Å²) in [4.78, 5) is 12.4. The van der Waals surface area contributed by atoms with Crippen molar-refractivity contribution in [3.05, 3.63) is 43.7 Å². The zero-order valence-electron chi connectivity index (χ0n) is 12.1. The van der Waals surface area contributed by atoms with E-state index in [-0.39, 0.29) is 5.91 Å². The molecular formula is C15H15IN2O3S. The zero-order chi connectivity index (χ0) is 15.9. The zero-order valence-corrected chi connectivity index (χ0v) is 15.1. The van der Waals surface area contributed by atoms with Crippen LogP contribution in [0.2, 0.25) is 0 Å². The van der Waals surface area contributed by atoms with Crippen LogP contribution in [0.4, 0.5) is 0 Å². The maximum atomic E-state index is 11.8. The quantitative estimate of drug-likeness (QED) is 0.434. The maximum absolute atomic E-state index is 11.8. The van der Waals surface area contributed by atoms with Gasteiger partial charge in [0.25, 0.3) is 5.91 Å². The molecule has 0 saturated heterocycles. The highest BCUT2D eigenvalue weighted by Crippen LogP contribution is 2.33. The van der Waals surface area contributed by atoms with E-state index in [1.807, 2.05) is 30.5 Å². The molecule has 5 nitrogen and oxygen atoms in total. The summed E-state index contributed by atoms with van der Waals surface area (Å²) < 4.78 is 11.8. The first kappa shape index (κ1) is 16.8. The van der Waals surface area contributed by atoms with E-state index in [9.17, 15) is 4.79 Å². The second-order valence-corrected chi connectivity index (χ2v) is 6.25. The van der Waals surface area contributed by atoms with Crippen LogP contribution in [0.1, 0.15) is 22.2 Å². The summed E-state index contributed by atoms with van der Waals surface area (Å²) in [6, 6.07) is 7.30. The molecule has 22 heavy (non-hydrogen) atoms. The molecule has 0 radical (unpaired) electrons. The molecular weight excluding hydrogens is 415 g/mol. The van der Waals surface area contributed by atoms with Crippen LogP contribution < -0.4 is 14.9 Å². The maximum Gasteiger partial charge on any atom is 0.281 e. The predicted molar refractivity (Wildman–Crippen MR) is 96.3 cm³/mol. The van der Waals surface area contributed by atoms with Gasteiger partial charge in [-0.2, -0.15) is 5.10 Å². The van der Waals surface area contributed by atoms with Crippen molar-refractivity contribution in [2.24, 2.45) is 5.10 Å². The molecule has 0 aliphatic heterocycles. The molecule has 0 aliphatic rings. The molecule has 0 aliphatic carbocycles. The van der Waals surface area contributed by atoms with Crippen LogP contribution in [0.25, 0.3) is 0 Å². The molecule has 0 spiro atoms. The Hall–Kier alpha value is -1.61. The van der Waals surface area contributed by atoms with Gasteiger partial charge in [-0.15, -0.1) is 11.3 Å². The van der Waals surface area contributed by atoms with Crippen molar-refractivity contribution in [2.45, 2.75) is 6.92 Å². The van der Waals surface area contributed by atoms with E-state index >= 15 is 0 Å². The molecule has 0 fully saturated rings. The minimum atomic E-state index is -0.223. The SMILES string of the molecule is CCOc1cc(/C=N\NC(=O)c2cccs2)cc(I)c1OC. The summed E-state index contributed by atoms with van der Waals surface area (Å²) >= 11 is 3.54. The van der Waals surface area contributed by atoms with Crippen LogP contribution in [-0.2, 0) is 0 Å². The molecule has 0 bridgehead atoms. The lowest BCUT2D eigenvalue weighted by molar-refractivity contribution is 0.0959. The van der Waals surface area contributed by atoms with Gasteiger partial charge in [-0.25, -0.2) is 5.43 Å². The van der Waals surface area contributed by atoms with Gasteiger partial charge in [-0.1, -0.05) is 6.07 Å². The van der Waals surface area contributed by atoms with Crippen LogP contribution in [-0.4, -0.2) is 25.8 Å². The summed E-state index contributed by atoms with van der Waals surface area (Å²) in [5.41, 5.74) is 3.32. The Kier molecular flexibility index (Phi) is 6.20. The number of amides is 1. The molecule has 7 heteroatoms. The molecule has 0 atom stereocenters. The standard InChI is InChI=1S/C15H15IN2O3S/c1-3-21-12-8-10(7-11(16)14(12)20-2)9-17-18-15(19)13-5-4-6-22-13/h4-9H,3H2,1-2H3,(H,18,19)/b17-9-. The van der Waals surface area contributed by atoms with E-state index in [1.165, 1.54) is 11.3 Å². The Morgan fingerprint density at radius 2 is 2.32 bits per heavy atom. The molecule has 2 rings (SSSR count). The van der Waals surface area contributed by atoms with Crippen molar-refractivity contribution < 1.29 is 14.3 Å². The van der Waals surface area contributed by atoms with E-state index in [4.69, 9.17) is 9.47 Å². The van der Waals surface area contributed by atoms with Gasteiger partial charge < -0.3 is 9.47 Å². The van der Waals surface area contributed by atoms with Gasteiger partial charge in [-0.05, 0) is 58.7 Å². The van der Waals surface area contributed by atoms with Crippen LogP contribution in [0.5, 0.6) is 11.5 Å². The summed E-state index contributed by atoms with van der Waals surface area (Å²) in [5, 5.41) is 5.82. The second kappa shape index (κ2) is 8.14. The lowest BCUT2D eigenvalue weighted by Crippen LogP contribution is -2.16. The third-order valence-corrected chi connectivity index (χ3v) is 4.33. The predicted octanol–water partition coefficient (Wildman–Crippen LogP) is 3.52. The monoisotopic (exact) mass is 430 g/mol. The average molecular weight is 430 g/mol. The molecule has 1 heterocycles. The number of hydrazone groups is 1. The normalized spacial score (nSPS) is 10.7. The van der Waals surface area contributed by atoms with Crippen molar-refractivity contribution in [1.82, 2.24) is 5.43 Å². The first-order valence-electron chi connectivity index (χ1n) is 6.53. The molecule has 0 unspecified atom stereocenters. The van der Waals surface area contributed by atoms with Crippen LogP contribution in [0.3, 0.4) is 0 Å². The number of nitrogens with one attached hydrogen (secondary N) is 1.